The molecule has 100 valence electrons. The first-order valence-electron chi connectivity index (χ1n) is 6.34. The Labute approximate surface area is 115 Å². The van der Waals surface area contributed by atoms with E-state index in [1.54, 1.807) is 0 Å². The van der Waals surface area contributed by atoms with E-state index in [1.165, 1.54) is 0 Å². The number of nitrogens with one attached hydrogen (secondary N) is 1. The summed E-state index contributed by atoms with van der Waals surface area (Å²) in [6.45, 7) is 8.87. The number of hydrogen-bond acceptors (Lipinski definition) is 1. The lowest BCUT2D eigenvalue weighted by atomic mass is 9.83. The van der Waals surface area contributed by atoms with E-state index >= 15 is 0 Å². The van der Waals surface area contributed by atoms with Gasteiger partial charge >= 0.3 is 0 Å². The Morgan fingerprint density at radius 3 is 2.50 bits per heavy atom. The Hall–Kier alpha value is -1.02. The van der Waals surface area contributed by atoms with Crippen molar-refractivity contribution in [2.24, 2.45) is 0 Å². The zero-order valence-corrected chi connectivity index (χ0v) is 12.3. The molecule has 0 aliphatic heterocycles. The molecule has 1 aromatic rings. The molecule has 1 N–H and O–H groups in total. The maximum absolute atomic E-state index is 12.1. The Morgan fingerprint density at radius 2 is 1.94 bits per heavy atom. The normalized spacial score (nSPS) is 13.2. The second kappa shape index (κ2) is 6.24. The minimum atomic E-state index is -0.0340. The summed E-state index contributed by atoms with van der Waals surface area (Å²) in [6, 6.07) is 7.76. The molecule has 0 aliphatic rings. The number of carbonyl (C=O) groups is 1. The van der Waals surface area contributed by atoms with Gasteiger partial charge in [-0.05, 0) is 30.4 Å². The minimum absolute atomic E-state index is 0.0159. The molecular weight excluding hydrogens is 246 g/mol. The van der Waals surface area contributed by atoms with Gasteiger partial charge < -0.3 is 5.32 Å². The molecule has 0 saturated heterocycles. The van der Waals surface area contributed by atoms with Gasteiger partial charge in [0.1, 0.15) is 0 Å². The fourth-order valence-electron chi connectivity index (χ4n) is 1.81. The zero-order chi connectivity index (χ0) is 13.8. The maximum atomic E-state index is 12.1. The molecule has 1 unspecified atom stereocenters. The summed E-state index contributed by atoms with van der Waals surface area (Å²) in [4.78, 5) is 12.1. The van der Waals surface area contributed by atoms with Gasteiger partial charge in [-0.25, -0.2) is 0 Å². The molecule has 0 spiro atoms. The van der Waals surface area contributed by atoms with Gasteiger partial charge in [-0.1, -0.05) is 39.0 Å². The third kappa shape index (κ3) is 4.34. The Kier molecular flexibility index (Phi) is 5.21. The van der Waals surface area contributed by atoms with Crippen molar-refractivity contribution in [2.75, 3.05) is 6.54 Å². The number of halogens is 1. The van der Waals surface area contributed by atoms with Gasteiger partial charge in [0, 0.05) is 17.5 Å². The highest BCUT2D eigenvalue weighted by Crippen LogP contribution is 2.25. The number of hydrogen-bond donors (Lipinski definition) is 1. The van der Waals surface area contributed by atoms with Crippen molar-refractivity contribution >= 4 is 17.5 Å². The number of amides is 1. The van der Waals surface area contributed by atoms with Gasteiger partial charge in [0.25, 0.3) is 5.91 Å². The quantitative estimate of drug-likeness (QED) is 0.828. The number of benzene rings is 1. The SMILES string of the molecule is CC(Cl)CCNC(=O)c1ccccc1C(C)(C)C. The molecule has 0 radical (unpaired) electrons. The molecule has 0 fully saturated rings. The summed E-state index contributed by atoms with van der Waals surface area (Å²) < 4.78 is 0. The maximum Gasteiger partial charge on any atom is 0.251 e. The van der Waals surface area contributed by atoms with Crippen LogP contribution < -0.4 is 5.32 Å². The van der Waals surface area contributed by atoms with Gasteiger partial charge in [-0.3, -0.25) is 4.79 Å². The first-order valence-corrected chi connectivity index (χ1v) is 6.78. The molecular formula is C15H22ClNO. The molecule has 3 heteroatoms. The van der Waals surface area contributed by atoms with Crippen molar-refractivity contribution in [3.05, 3.63) is 35.4 Å². The van der Waals surface area contributed by atoms with Gasteiger partial charge in [0.15, 0.2) is 0 Å². The third-order valence-electron chi connectivity index (χ3n) is 2.81. The summed E-state index contributed by atoms with van der Waals surface area (Å²) in [5.74, 6) is -0.0159. The minimum Gasteiger partial charge on any atom is -0.352 e. The van der Waals surface area contributed by atoms with Gasteiger partial charge in [0.2, 0.25) is 0 Å². The second-order valence-electron chi connectivity index (χ2n) is 5.62. The van der Waals surface area contributed by atoms with Crippen LogP contribution >= 0.6 is 11.6 Å². The molecule has 0 aromatic heterocycles. The summed E-state index contributed by atoms with van der Waals surface area (Å²) in [6.07, 6.45) is 0.783. The monoisotopic (exact) mass is 267 g/mol. The van der Waals surface area contributed by atoms with Gasteiger partial charge in [-0.2, -0.15) is 0 Å². The fourth-order valence-corrected chi connectivity index (χ4v) is 1.92. The molecule has 0 bridgehead atoms. The van der Waals surface area contributed by atoms with Gasteiger partial charge in [0.05, 0.1) is 0 Å². The summed E-state index contributed by atoms with van der Waals surface area (Å²) in [5.41, 5.74) is 1.79. The highest BCUT2D eigenvalue weighted by Gasteiger charge is 2.20. The van der Waals surface area contributed by atoms with E-state index in [0.29, 0.717) is 6.54 Å². The molecule has 18 heavy (non-hydrogen) atoms. The highest BCUT2D eigenvalue weighted by molar-refractivity contribution is 6.20. The molecule has 0 aliphatic carbocycles. The molecule has 1 atom stereocenters. The van der Waals surface area contributed by atoms with Crippen LogP contribution in [0.15, 0.2) is 24.3 Å². The van der Waals surface area contributed by atoms with Crippen LogP contribution in [0.1, 0.15) is 50.0 Å². The summed E-state index contributed by atoms with van der Waals surface area (Å²) in [7, 11) is 0. The topological polar surface area (TPSA) is 29.1 Å². The Balaban J connectivity index is 2.80. The van der Waals surface area contributed by atoms with Crippen molar-refractivity contribution in [3.8, 4) is 0 Å². The molecule has 0 saturated carbocycles. The fraction of sp³-hybridized carbons (Fsp3) is 0.533. The molecule has 1 aromatic carbocycles. The summed E-state index contributed by atoms with van der Waals surface area (Å²) >= 11 is 5.86. The van der Waals surface area contributed by atoms with Crippen LogP contribution in [0.3, 0.4) is 0 Å². The van der Waals surface area contributed by atoms with Crippen LogP contribution in [-0.2, 0) is 5.41 Å². The predicted octanol–water partition coefficient (Wildman–Crippen LogP) is 3.73. The van der Waals surface area contributed by atoms with Crippen molar-refractivity contribution in [1.82, 2.24) is 5.32 Å². The molecule has 1 amide bonds. The molecule has 2 nitrogen and oxygen atoms in total. The van der Waals surface area contributed by atoms with Crippen LogP contribution in [0.25, 0.3) is 0 Å². The molecule has 1 rings (SSSR count). The van der Waals surface area contributed by atoms with Crippen LogP contribution in [0.5, 0.6) is 0 Å². The van der Waals surface area contributed by atoms with Crippen LogP contribution in [-0.4, -0.2) is 17.8 Å². The van der Waals surface area contributed by atoms with E-state index in [0.717, 1.165) is 17.5 Å². The first kappa shape index (κ1) is 15.0. The van der Waals surface area contributed by atoms with E-state index in [4.69, 9.17) is 11.6 Å². The first-order chi connectivity index (χ1) is 8.32. The van der Waals surface area contributed by atoms with Crippen molar-refractivity contribution in [2.45, 2.75) is 44.9 Å². The number of carbonyl (C=O) groups excluding carboxylic acids is 1. The van der Waals surface area contributed by atoms with E-state index in [1.807, 2.05) is 31.2 Å². The average Bonchev–Trinajstić information content (AvgIpc) is 2.27. The van der Waals surface area contributed by atoms with Crippen molar-refractivity contribution < 1.29 is 4.79 Å². The van der Waals surface area contributed by atoms with Crippen LogP contribution in [0.4, 0.5) is 0 Å². The molecule has 0 heterocycles. The largest absolute Gasteiger partial charge is 0.352 e. The zero-order valence-electron chi connectivity index (χ0n) is 11.6. The van der Waals surface area contributed by atoms with E-state index < -0.39 is 0 Å². The lowest BCUT2D eigenvalue weighted by Crippen LogP contribution is -2.28. The Morgan fingerprint density at radius 1 is 1.33 bits per heavy atom. The predicted molar refractivity (Wildman–Crippen MR) is 77.4 cm³/mol. The lowest BCUT2D eigenvalue weighted by molar-refractivity contribution is 0.0951. The average molecular weight is 268 g/mol. The second-order valence-corrected chi connectivity index (χ2v) is 6.37. The van der Waals surface area contributed by atoms with Crippen LogP contribution in [0, 0.1) is 0 Å². The van der Waals surface area contributed by atoms with E-state index in [9.17, 15) is 4.79 Å². The highest BCUT2D eigenvalue weighted by atomic mass is 35.5. The summed E-state index contributed by atoms with van der Waals surface area (Å²) in [5, 5.41) is 3.01. The number of alkyl halides is 1. The van der Waals surface area contributed by atoms with E-state index in [2.05, 4.69) is 26.1 Å². The third-order valence-corrected chi connectivity index (χ3v) is 3.03. The lowest BCUT2D eigenvalue weighted by Gasteiger charge is -2.22. The Bertz CT molecular complexity index is 407. The number of rotatable bonds is 4. The smallest absolute Gasteiger partial charge is 0.251 e. The van der Waals surface area contributed by atoms with Crippen molar-refractivity contribution in [3.63, 3.8) is 0 Å². The van der Waals surface area contributed by atoms with Crippen LogP contribution in [0.2, 0.25) is 0 Å². The van der Waals surface area contributed by atoms with E-state index in [-0.39, 0.29) is 16.7 Å². The standard InChI is InChI=1S/C15H22ClNO/c1-11(16)9-10-17-14(18)12-7-5-6-8-13(12)15(2,3)4/h5-8,11H,9-10H2,1-4H3,(H,17,18). The van der Waals surface area contributed by atoms with Gasteiger partial charge in [-0.15, -0.1) is 11.6 Å². The van der Waals surface area contributed by atoms with Crippen molar-refractivity contribution in [1.29, 1.82) is 0 Å².